The Kier molecular flexibility index (Phi) is 11.4. The van der Waals surface area contributed by atoms with Crippen LogP contribution in [0.3, 0.4) is 0 Å². The predicted molar refractivity (Wildman–Crippen MR) is 84.6 cm³/mol. The number of carbonyl (C=O) groups is 2. The van der Waals surface area contributed by atoms with Gasteiger partial charge in [-0.2, -0.15) is 0 Å². The van der Waals surface area contributed by atoms with Crippen molar-refractivity contribution >= 4 is 11.7 Å². The summed E-state index contributed by atoms with van der Waals surface area (Å²) in [6.45, 7) is 9.09. The summed E-state index contributed by atoms with van der Waals surface area (Å²) in [5.74, 6) is 1.22. The Hall–Kier alpha value is -0.860. The molecule has 0 fully saturated rings. The van der Waals surface area contributed by atoms with Crippen LogP contribution in [0.1, 0.15) is 79.1 Å². The Morgan fingerprint density at radius 1 is 0.850 bits per heavy atom. The van der Waals surface area contributed by atoms with E-state index in [-0.39, 0.29) is 17.6 Å². The van der Waals surface area contributed by atoms with Crippen molar-refractivity contribution in [2.24, 2.45) is 11.8 Å². The number of nitrogens with one attached hydrogen (secondary N) is 1. The maximum Gasteiger partial charge on any atom is 0.220 e. The van der Waals surface area contributed by atoms with E-state index in [0.29, 0.717) is 19.3 Å². The van der Waals surface area contributed by atoms with Gasteiger partial charge in [-0.05, 0) is 18.8 Å². The lowest BCUT2D eigenvalue weighted by atomic mass is 10.0. The second-order valence-corrected chi connectivity index (χ2v) is 6.42. The lowest BCUT2D eigenvalue weighted by Gasteiger charge is -2.07. The molecular weight excluding hydrogens is 250 g/mol. The van der Waals surface area contributed by atoms with Gasteiger partial charge in [-0.25, -0.2) is 0 Å². The molecule has 0 aliphatic heterocycles. The SMILES string of the molecule is CC(C)CCCCCCNC(=O)CCCC(=O)C(C)C. The quantitative estimate of drug-likeness (QED) is 0.548. The molecule has 0 aromatic heterocycles. The molecular formula is C17H33NO2. The Bertz CT molecular complexity index is 272. The van der Waals surface area contributed by atoms with Gasteiger partial charge in [0.05, 0.1) is 0 Å². The minimum absolute atomic E-state index is 0.0868. The first-order valence-corrected chi connectivity index (χ1v) is 8.23. The van der Waals surface area contributed by atoms with E-state index in [0.717, 1.165) is 18.9 Å². The van der Waals surface area contributed by atoms with Crippen molar-refractivity contribution in [1.29, 1.82) is 0 Å². The highest BCUT2D eigenvalue weighted by Crippen LogP contribution is 2.09. The third-order valence-electron chi connectivity index (χ3n) is 3.50. The van der Waals surface area contributed by atoms with Crippen LogP contribution >= 0.6 is 0 Å². The van der Waals surface area contributed by atoms with Gasteiger partial charge in [-0.3, -0.25) is 9.59 Å². The summed E-state index contributed by atoms with van der Waals surface area (Å²) in [5, 5.41) is 2.94. The van der Waals surface area contributed by atoms with Crippen LogP contribution in [0.5, 0.6) is 0 Å². The van der Waals surface area contributed by atoms with Gasteiger partial charge in [0.25, 0.3) is 0 Å². The van der Waals surface area contributed by atoms with E-state index < -0.39 is 0 Å². The van der Waals surface area contributed by atoms with E-state index in [1.165, 1.54) is 25.7 Å². The van der Waals surface area contributed by atoms with Crippen LogP contribution in [0.4, 0.5) is 0 Å². The molecule has 0 radical (unpaired) electrons. The second kappa shape index (κ2) is 11.9. The molecule has 0 heterocycles. The van der Waals surface area contributed by atoms with E-state index in [1.807, 2.05) is 13.8 Å². The molecule has 3 heteroatoms. The lowest BCUT2D eigenvalue weighted by Crippen LogP contribution is -2.24. The molecule has 0 unspecified atom stereocenters. The molecule has 0 spiro atoms. The van der Waals surface area contributed by atoms with Gasteiger partial charge in [-0.15, -0.1) is 0 Å². The smallest absolute Gasteiger partial charge is 0.220 e. The highest BCUT2D eigenvalue weighted by molar-refractivity contribution is 5.81. The Morgan fingerprint density at radius 3 is 2.10 bits per heavy atom. The molecule has 0 bridgehead atoms. The van der Waals surface area contributed by atoms with E-state index in [9.17, 15) is 9.59 Å². The largest absolute Gasteiger partial charge is 0.356 e. The van der Waals surface area contributed by atoms with E-state index in [4.69, 9.17) is 0 Å². The molecule has 0 aromatic carbocycles. The van der Waals surface area contributed by atoms with Gasteiger partial charge in [0.15, 0.2) is 0 Å². The van der Waals surface area contributed by atoms with Crippen LogP contribution in [0.2, 0.25) is 0 Å². The van der Waals surface area contributed by atoms with Crippen molar-refractivity contribution < 1.29 is 9.59 Å². The number of unbranched alkanes of at least 4 members (excludes halogenated alkanes) is 3. The van der Waals surface area contributed by atoms with Crippen LogP contribution in [0.25, 0.3) is 0 Å². The Balaban J connectivity index is 3.35. The molecule has 20 heavy (non-hydrogen) atoms. The number of amides is 1. The van der Waals surface area contributed by atoms with E-state index >= 15 is 0 Å². The highest BCUT2D eigenvalue weighted by Gasteiger charge is 2.08. The number of Topliss-reactive ketones (excluding diaryl/α,β-unsaturated/α-hetero) is 1. The van der Waals surface area contributed by atoms with Gasteiger partial charge < -0.3 is 5.32 Å². The van der Waals surface area contributed by atoms with Crippen LogP contribution in [0, 0.1) is 11.8 Å². The van der Waals surface area contributed by atoms with Crippen LogP contribution in [0.15, 0.2) is 0 Å². The Labute approximate surface area is 124 Å². The molecule has 118 valence electrons. The fraction of sp³-hybridized carbons (Fsp3) is 0.882. The standard InChI is InChI=1S/C17H33NO2/c1-14(2)10-7-5-6-8-13-18-17(20)12-9-11-16(19)15(3)4/h14-15H,5-13H2,1-4H3,(H,18,20). The van der Waals surface area contributed by atoms with Gasteiger partial charge in [-0.1, -0.05) is 53.4 Å². The van der Waals surface area contributed by atoms with Crippen molar-refractivity contribution in [2.75, 3.05) is 6.54 Å². The lowest BCUT2D eigenvalue weighted by molar-refractivity contribution is -0.122. The molecule has 1 amide bonds. The summed E-state index contributed by atoms with van der Waals surface area (Å²) >= 11 is 0. The zero-order valence-corrected chi connectivity index (χ0v) is 13.8. The number of hydrogen-bond donors (Lipinski definition) is 1. The molecule has 0 rings (SSSR count). The van der Waals surface area contributed by atoms with E-state index in [1.54, 1.807) is 0 Å². The summed E-state index contributed by atoms with van der Waals surface area (Å²) in [5.41, 5.74) is 0. The van der Waals surface area contributed by atoms with Gasteiger partial charge in [0.2, 0.25) is 5.91 Å². The molecule has 0 aliphatic rings. The van der Waals surface area contributed by atoms with Gasteiger partial charge in [0.1, 0.15) is 5.78 Å². The highest BCUT2D eigenvalue weighted by atomic mass is 16.1. The topological polar surface area (TPSA) is 46.2 Å². The molecule has 0 saturated carbocycles. The second-order valence-electron chi connectivity index (χ2n) is 6.42. The first-order chi connectivity index (χ1) is 9.43. The number of carbonyl (C=O) groups excluding carboxylic acids is 2. The van der Waals surface area contributed by atoms with E-state index in [2.05, 4.69) is 19.2 Å². The fourth-order valence-corrected chi connectivity index (χ4v) is 2.06. The summed E-state index contributed by atoms with van der Waals surface area (Å²) in [4.78, 5) is 23.0. The third-order valence-corrected chi connectivity index (χ3v) is 3.50. The maximum atomic E-state index is 11.6. The van der Waals surface area contributed by atoms with Gasteiger partial charge in [0, 0.05) is 25.3 Å². The monoisotopic (exact) mass is 283 g/mol. The molecule has 0 atom stereocenters. The average molecular weight is 283 g/mol. The third kappa shape index (κ3) is 12.2. The maximum absolute atomic E-state index is 11.6. The van der Waals surface area contributed by atoms with Crippen molar-refractivity contribution in [3.8, 4) is 0 Å². The summed E-state index contributed by atoms with van der Waals surface area (Å²) in [6.07, 6.45) is 7.80. The summed E-state index contributed by atoms with van der Waals surface area (Å²) in [7, 11) is 0. The number of rotatable bonds is 12. The summed E-state index contributed by atoms with van der Waals surface area (Å²) in [6, 6.07) is 0. The van der Waals surface area contributed by atoms with Crippen LogP contribution in [-0.2, 0) is 9.59 Å². The van der Waals surface area contributed by atoms with Crippen LogP contribution in [-0.4, -0.2) is 18.2 Å². The molecule has 0 aromatic rings. The Morgan fingerprint density at radius 2 is 1.50 bits per heavy atom. The first-order valence-electron chi connectivity index (χ1n) is 8.23. The zero-order valence-electron chi connectivity index (χ0n) is 13.8. The van der Waals surface area contributed by atoms with Crippen molar-refractivity contribution in [2.45, 2.75) is 79.1 Å². The van der Waals surface area contributed by atoms with Crippen molar-refractivity contribution in [1.82, 2.24) is 5.32 Å². The number of hydrogen-bond acceptors (Lipinski definition) is 2. The average Bonchev–Trinajstić information content (AvgIpc) is 2.36. The summed E-state index contributed by atoms with van der Waals surface area (Å²) < 4.78 is 0. The molecule has 0 saturated heterocycles. The van der Waals surface area contributed by atoms with Crippen LogP contribution < -0.4 is 5.32 Å². The van der Waals surface area contributed by atoms with Crippen molar-refractivity contribution in [3.05, 3.63) is 0 Å². The first kappa shape index (κ1) is 19.1. The fourth-order valence-electron chi connectivity index (χ4n) is 2.06. The minimum atomic E-state index is 0.0868. The normalized spacial score (nSPS) is 11.1. The minimum Gasteiger partial charge on any atom is -0.356 e. The zero-order chi connectivity index (χ0) is 15.4. The predicted octanol–water partition coefficient (Wildman–Crippen LogP) is 4.10. The van der Waals surface area contributed by atoms with Crippen molar-refractivity contribution in [3.63, 3.8) is 0 Å². The molecule has 3 nitrogen and oxygen atoms in total. The molecule has 0 aliphatic carbocycles. The molecule has 1 N–H and O–H groups in total. The number of ketones is 1. The van der Waals surface area contributed by atoms with Gasteiger partial charge >= 0.3 is 0 Å².